The zero-order valence-electron chi connectivity index (χ0n) is 9.22. The Balaban J connectivity index is 1.93. The number of thiophene rings is 1. The average Bonchev–Trinajstić information content (AvgIpc) is 2.61. The fourth-order valence-electron chi connectivity index (χ4n) is 2.44. The summed E-state index contributed by atoms with van der Waals surface area (Å²) < 4.78 is 1.00. The molecule has 1 saturated carbocycles. The maximum Gasteiger partial charge on any atom is 0.0887 e. The van der Waals surface area contributed by atoms with E-state index in [1.54, 1.807) is 11.3 Å². The highest BCUT2D eigenvalue weighted by Crippen LogP contribution is 2.38. The molecule has 1 nitrogen and oxygen atoms in total. The molecule has 0 amide bonds. The number of halogens is 2. The molecule has 1 aromatic heterocycles. The molecule has 1 heterocycles. The molecule has 0 aliphatic heterocycles. The molecule has 1 aromatic rings. The van der Waals surface area contributed by atoms with Crippen LogP contribution in [-0.4, -0.2) is 0 Å². The molecule has 0 bridgehead atoms. The predicted molar refractivity (Wildman–Crippen MR) is 75.1 cm³/mol. The Morgan fingerprint density at radius 3 is 2.69 bits per heavy atom. The van der Waals surface area contributed by atoms with Crippen molar-refractivity contribution in [3.63, 3.8) is 0 Å². The van der Waals surface area contributed by atoms with Crippen LogP contribution in [0.1, 0.15) is 49.4 Å². The highest BCUT2D eigenvalue weighted by Gasteiger charge is 2.19. The Bertz CT molecular complexity index is 327. The molecular formula is C12H17BrClNS. The molecule has 1 aliphatic carbocycles. The monoisotopic (exact) mass is 321 g/mol. The first kappa shape index (κ1) is 12.9. The van der Waals surface area contributed by atoms with E-state index in [2.05, 4.69) is 15.9 Å². The lowest BCUT2D eigenvalue weighted by Gasteiger charge is -2.24. The molecule has 1 unspecified atom stereocenters. The van der Waals surface area contributed by atoms with Gasteiger partial charge in [0.2, 0.25) is 0 Å². The van der Waals surface area contributed by atoms with Crippen LogP contribution in [0, 0.1) is 5.92 Å². The molecule has 1 fully saturated rings. The second kappa shape index (κ2) is 5.85. The summed E-state index contributed by atoms with van der Waals surface area (Å²) in [7, 11) is 0. The van der Waals surface area contributed by atoms with Gasteiger partial charge in [0.1, 0.15) is 0 Å². The molecule has 0 saturated heterocycles. The topological polar surface area (TPSA) is 26.0 Å². The van der Waals surface area contributed by atoms with Gasteiger partial charge in [-0.25, -0.2) is 0 Å². The van der Waals surface area contributed by atoms with E-state index in [1.165, 1.54) is 37.0 Å². The minimum absolute atomic E-state index is 0.164. The third-order valence-electron chi connectivity index (χ3n) is 3.34. The zero-order valence-corrected chi connectivity index (χ0v) is 12.4. The molecule has 0 radical (unpaired) electrons. The number of hydrogen-bond acceptors (Lipinski definition) is 2. The molecular weight excluding hydrogens is 306 g/mol. The molecule has 1 atom stereocenters. The van der Waals surface area contributed by atoms with Gasteiger partial charge in [-0.1, -0.05) is 43.7 Å². The maximum atomic E-state index is 6.24. The van der Waals surface area contributed by atoms with Crippen molar-refractivity contribution in [2.24, 2.45) is 11.7 Å². The van der Waals surface area contributed by atoms with Crippen LogP contribution in [0.3, 0.4) is 0 Å². The first-order valence-corrected chi connectivity index (χ1v) is 7.86. The lowest BCUT2D eigenvalue weighted by molar-refractivity contribution is 0.320. The van der Waals surface area contributed by atoms with Crippen molar-refractivity contribution in [3.8, 4) is 0 Å². The molecule has 90 valence electrons. The number of nitrogens with two attached hydrogens (primary N) is 1. The first-order valence-electron chi connectivity index (χ1n) is 5.87. The van der Waals surface area contributed by atoms with Gasteiger partial charge >= 0.3 is 0 Å². The normalized spacial score (nSPS) is 19.9. The van der Waals surface area contributed by atoms with Crippen molar-refractivity contribution < 1.29 is 0 Å². The summed E-state index contributed by atoms with van der Waals surface area (Å²) in [6.45, 7) is 0. The summed E-state index contributed by atoms with van der Waals surface area (Å²) in [5.74, 6) is 0.823. The summed E-state index contributed by atoms with van der Waals surface area (Å²) in [5.41, 5.74) is 6.24. The van der Waals surface area contributed by atoms with E-state index >= 15 is 0 Å². The first-order chi connectivity index (χ1) is 7.66. The van der Waals surface area contributed by atoms with Gasteiger partial charge in [-0.2, -0.15) is 0 Å². The summed E-state index contributed by atoms with van der Waals surface area (Å²) in [5, 5.41) is 0.791. The Morgan fingerprint density at radius 2 is 2.12 bits per heavy atom. The molecule has 2 rings (SSSR count). The summed E-state index contributed by atoms with van der Waals surface area (Å²) in [6.07, 6.45) is 7.99. The van der Waals surface area contributed by atoms with Gasteiger partial charge in [-0.3, -0.25) is 0 Å². The second-order valence-corrected chi connectivity index (χ2v) is 7.43. The van der Waals surface area contributed by atoms with E-state index in [0.717, 1.165) is 21.1 Å². The smallest absolute Gasteiger partial charge is 0.0887 e. The zero-order chi connectivity index (χ0) is 11.5. The molecule has 2 N–H and O–H groups in total. The SMILES string of the molecule is NC(CC1CCCCC1)c1cc(Cl)c(Br)s1. The fourth-order valence-corrected chi connectivity index (χ4v) is 4.21. The van der Waals surface area contributed by atoms with Crippen LogP contribution >= 0.6 is 38.9 Å². The van der Waals surface area contributed by atoms with Gasteiger partial charge in [0.15, 0.2) is 0 Å². The third-order valence-corrected chi connectivity index (χ3v) is 5.95. The summed E-state index contributed by atoms with van der Waals surface area (Å²) in [6, 6.07) is 2.17. The summed E-state index contributed by atoms with van der Waals surface area (Å²) in [4.78, 5) is 1.21. The van der Waals surface area contributed by atoms with Gasteiger partial charge in [0.05, 0.1) is 8.81 Å². The molecule has 4 heteroatoms. The lowest BCUT2D eigenvalue weighted by Crippen LogP contribution is -2.16. The van der Waals surface area contributed by atoms with Crippen LogP contribution in [-0.2, 0) is 0 Å². The van der Waals surface area contributed by atoms with Crippen LogP contribution < -0.4 is 5.73 Å². The molecule has 0 spiro atoms. The van der Waals surface area contributed by atoms with Gasteiger partial charge in [0, 0.05) is 10.9 Å². The highest BCUT2D eigenvalue weighted by atomic mass is 79.9. The quantitative estimate of drug-likeness (QED) is 0.819. The van der Waals surface area contributed by atoms with Gasteiger partial charge in [-0.05, 0) is 34.3 Å². The van der Waals surface area contributed by atoms with Crippen LogP contribution in [0.25, 0.3) is 0 Å². The van der Waals surface area contributed by atoms with Crippen molar-refractivity contribution in [3.05, 3.63) is 19.8 Å². The second-order valence-electron chi connectivity index (χ2n) is 4.62. The van der Waals surface area contributed by atoms with Gasteiger partial charge in [0.25, 0.3) is 0 Å². The standard InChI is InChI=1S/C12H17BrClNS/c13-12-9(14)7-11(16-12)10(15)6-8-4-2-1-3-5-8/h7-8,10H,1-6,15H2. The van der Waals surface area contributed by atoms with E-state index in [9.17, 15) is 0 Å². The van der Waals surface area contributed by atoms with Crippen molar-refractivity contribution in [2.45, 2.75) is 44.6 Å². The third kappa shape index (κ3) is 3.22. The van der Waals surface area contributed by atoms with Crippen LogP contribution in [0.4, 0.5) is 0 Å². The van der Waals surface area contributed by atoms with E-state index in [1.807, 2.05) is 6.07 Å². The minimum Gasteiger partial charge on any atom is -0.323 e. The Morgan fingerprint density at radius 1 is 1.44 bits per heavy atom. The lowest BCUT2D eigenvalue weighted by atomic mass is 9.85. The minimum atomic E-state index is 0.164. The summed E-state index contributed by atoms with van der Waals surface area (Å²) >= 11 is 11.1. The maximum absolute atomic E-state index is 6.24. The van der Waals surface area contributed by atoms with Crippen LogP contribution in [0.5, 0.6) is 0 Å². The van der Waals surface area contributed by atoms with Crippen molar-refractivity contribution >= 4 is 38.9 Å². The van der Waals surface area contributed by atoms with Gasteiger partial charge < -0.3 is 5.73 Å². The van der Waals surface area contributed by atoms with Crippen molar-refractivity contribution in [2.75, 3.05) is 0 Å². The molecule has 16 heavy (non-hydrogen) atoms. The van der Waals surface area contributed by atoms with Crippen LogP contribution in [0.2, 0.25) is 5.02 Å². The molecule has 1 aliphatic rings. The van der Waals surface area contributed by atoms with Crippen molar-refractivity contribution in [1.82, 2.24) is 0 Å². The average molecular weight is 323 g/mol. The van der Waals surface area contributed by atoms with Crippen molar-refractivity contribution in [1.29, 1.82) is 0 Å². The van der Waals surface area contributed by atoms with Crippen LogP contribution in [0.15, 0.2) is 9.85 Å². The fraction of sp³-hybridized carbons (Fsp3) is 0.667. The Labute approximate surface area is 114 Å². The Kier molecular flexibility index (Phi) is 4.71. The Hall–Kier alpha value is 0.430. The number of hydrogen-bond donors (Lipinski definition) is 1. The van der Waals surface area contributed by atoms with E-state index in [-0.39, 0.29) is 6.04 Å². The largest absolute Gasteiger partial charge is 0.323 e. The van der Waals surface area contributed by atoms with E-state index in [0.29, 0.717) is 0 Å². The highest BCUT2D eigenvalue weighted by molar-refractivity contribution is 9.11. The molecule has 0 aromatic carbocycles. The number of rotatable bonds is 3. The van der Waals surface area contributed by atoms with E-state index < -0.39 is 0 Å². The van der Waals surface area contributed by atoms with Gasteiger partial charge in [-0.15, -0.1) is 11.3 Å². The van der Waals surface area contributed by atoms with E-state index in [4.69, 9.17) is 17.3 Å². The predicted octanol–water partition coefficient (Wildman–Crippen LogP) is 5.13.